The number of nitrogens with one attached hydrogen (secondary N) is 1. The van der Waals surface area contributed by atoms with Gasteiger partial charge in [0.25, 0.3) is 0 Å². The zero-order chi connectivity index (χ0) is 23.7. The number of carboxylic acid groups (broad SMARTS) is 2. The van der Waals surface area contributed by atoms with E-state index in [1.54, 1.807) is 13.8 Å². The van der Waals surface area contributed by atoms with Crippen LogP contribution < -0.4 is 16.8 Å². The van der Waals surface area contributed by atoms with Gasteiger partial charge in [-0.3, -0.25) is 19.2 Å². The first-order valence-corrected chi connectivity index (χ1v) is 9.77. The lowest BCUT2D eigenvalue weighted by molar-refractivity contribution is -0.137. The Morgan fingerprint density at radius 2 is 1.40 bits per heavy atom. The fraction of sp³-hybridized carbons (Fsp3) is 0.524. The fourth-order valence-corrected chi connectivity index (χ4v) is 1.96. The van der Waals surface area contributed by atoms with Crippen LogP contribution in [0.15, 0.2) is 30.3 Å². The van der Waals surface area contributed by atoms with Crippen molar-refractivity contribution in [3.05, 3.63) is 35.9 Å². The van der Waals surface area contributed by atoms with Crippen LogP contribution in [-0.4, -0.2) is 46.0 Å². The summed E-state index contributed by atoms with van der Waals surface area (Å²) in [4.78, 5) is 42.1. The van der Waals surface area contributed by atoms with Crippen LogP contribution in [0.25, 0.3) is 0 Å². The molecule has 0 aromatic heterocycles. The summed E-state index contributed by atoms with van der Waals surface area (Å²) in [5, 5.41) is 18.1. The molecule has 1 aromatic carbocycles. The van der Waals surface area contributed by atoms with Gasteiger partial charge in [0.1, 0.15) is 6.04 Å². The van der Waals surface area contributed by atoms with Gasteiger partial charge in [-0.2, -0.15) is 0 Å². The number of carboxylic acids is 2. The number of rotatable bonds is 9. The van der Waals surface area contributed by atoms with Crippen LogP contribution in [0.3, 0.4) is 0 Å². The predicted molar refractivity (Wildman–Crippen MR) is 115 cm³/mol. The average molecular weight is 426 g/mol. The third kappa shape index (κ3) is 17.2. The highest BCUT2D eigenvalue weighted by atomic mass is 16.4. The molecule has 7 N–H and O–H groups in total. The van der Waals surface area contributed by atoms with Crippen molar-refractivity contribution in [2.24, 2.45) is 17.4 Å². The van der Waals surface area contributed by atoms with E-state index in [2.05, 4.69) is 5.32 Å². The molecule has 0 saturated heterocycles. The molecule has 170 valence electrons. The quantitative estimate of drug-likeness (QED) is 0.399. The van der Waals surface area contributed by atoms with Crippen molar-refractivity contribution in [2.45, 2.75) is 65.5 Å². The molecule has 30 heavy (non-hydrogen) atoms. The first-order valence-electron chi connectivity index (χ1n) is 9.77. The second-order valence-electron chi connectivity index (χ2n) is 6.88. The Hall–Kier alpha value is -2.94. The molecule has 0 spiro atoms. The summed E-state index contributed by atoms with van der Waals surface area (Å²) >= 11 is 0. The molecule has 1 rings (SSSR count). The molecule has 0 aliphatic heterocycles. The first-order chi connectivity index (χ1) is 13.9. The monoisotopic (exact) mass is 425 g/mol. The molecule has 0 aliphatic carbocycles. The lowest BCUT2D eigenvalue weighted by Crippen LogP contribution is -2.51. The lowest BCUT2D eigenvalue weighted by atomic mass is 10.0. The van der Waals surface area contributed by atoms with Gasteiger partial charge in [-0.1, -0.05) is 58.0 Å². The first kappa shape index (κ1) is 29.3. The molecule has 0 bridgehead atoms. The normalized spacial score (nSPS) is 11.7. The summed E-state index contributed by atoms with van der Waals surface area (Å²) in [6.07, 6.45) is 1.39. The highest BCUT2D eigenvalue weighted by molar-refractivity contribution is 5.89. The number of carbonyl (C=O) groups excluding carboxylic acids is 2. The van der Waals surface area contributed by atoms with Crippen LogP contribution in [0.1, 0.15) is 52.5 Å². The summed E-state index contributed by atoms with van der Waals surface area (Å²) in [5.41, 5.74) is 12.1. The minimum Gasteiger partial charge on any atom is -0.481 e. The topological polar surface area (TPSA) is 173 Å². The van der Waals surface area contributed by atoms with Crippen molar-refractivity contribution in [3.63, 3.8) is 0 Å². The molecule has 1 aromatic rings. The molecular weight excluding hydrogens is 390 g/mol. The Balaban J connectivity index is 0. The van der Waals surface area contributed by atoms with E-state index in [9.17, 15) is 19.2 Å². The van der Waals surface area contributed by atoms with Crippen LogP contribution >= 0.6 is 0 Å². The number of nitrogens with two attached hydrogens (primary N) is 2. The van der Waals surface area contributed by atoms with E-state index in [-0.39, 0.29) is 24.7 Å². The second kappa shape index (κ2) is 17.0. The van der Waals surface area contributed by atoms with Crippen LogP contribution in [0, 0.1) is 5.92 Å². The molecule has 0 radical (unpaired) electrons. The van der Waals surface area contributed by atoms with E-state index in [0.29, 0.717) is 12.8 Å². The Morgan fingerprint density at radius 3 is 1.73 bits per heavy atom. The van der Waals surface area contributed by atoms with Crippen molar-refractivity contribution in [1.29, 1.82) is 0 Å². The summed E-state index contributed by atoms with van der Waals surface area (Å²) in [7, 11) is 0. The maximum absolute atomic E-state index is 12.0. The number of amides is 2. The maximum atomic E-state index is 12.0. The summed E-state index contributed by atoms with van der Waals surface area (Å²) in [5.74, 6) is -2.11. The molecule has 2 atom stereocenters. The Labute approximate surface area is 177 Å². The third-order valence-electron chi connectivity index (χ3n) is 3.61. The minimum atomic E-state index is -0.745. The van der Waals surface area contributed by atoms with Gasteiger partial charge in [0.05, 0.1) is 6.04 Å². The van der Waals surface area contributed by atoms with Gasteiger partial charge in [-0.05, 0) is 24.3 Å². The van der Waals surface area contributed by atoms with E-state index < -0.39 is 29.9 Å². The van der Waals surface area contributed by atoms with Crippen molar-refractivity contribution >= 4 is 23.8 Å². The Bertz CT molecular complexity index is 635. The standard InChI is InChI=1S/C15H23N3O2.2C3H6O2/c1-10(2)8-13(14(17)19)18-15(20)12(16)9-11-6-4-3-5-7-11;2*1-2-3(4)5/h3-7,10,12-13H,8-9,16H2,1-2H3,(H2,17,19)(H,18,20);2*2H2,1H3,(H,4,5)/t12-,13-;;/m1../s1. The van der Waals surface area contributed by atoms with Crippen LogP contribution in [0.2, 0.25) is 0 Å². The van der Waals surface area contributed by atoms with Crippen LogP contribution in [0.5, 0.6) is 0 Å². The SMILES string of the molecule is CC(C)C[C@@H](NC(=O)[C@H](N)Cc1ccccc1)C(N)=O.CCC(=O)O.CCC(=O)O. The second-order valence-corrected chi connectivity index (χ2v) is 6.88. The third-order valence-corrected chi connectivity index (χ3v) is 3.61. The van der Waals surface area contributed by atoms with Crippen LogP contribution in [0.4, 0.5) is 0 Å². The zero-order valence-corrected chi connectivity index (χ0v) is 18.1. The van der Waals surface area contributed by atoms with Gasteiger partial charge in [-0.25, -0.2) is 0 Å². The summed E-state index contributed by atoms with van der Waals surface area (Å²) < 4.78 is 0. The molecule has 9 heteroatoms. The molecule has 9 nitrogen and oxygen atoms in total. The molecule has 0 aliphatic rings. The number of aliphatic carboxylic acids is 2. The van der Waals surface area contributed by atoms with Gasteiger partial charge in [0.2, 0.25) is 11.8 Å². The molecule has 2 amide bonds. The molecule has 0 saturated carbocycles. The highest BCUT2D eigenvalue weighted by Gasteiger charge is 2.22. The lowest BCUT2D eigenvalue weighted by Gasteiger charge is -2.20. The maximum Gasteiger partial charge on any atom is 0.303 e. The van der Waals surface area contributed by atoms with E-state index in [1.807, 2.05) is 44.2 Å². The van der Waals surface area contributed by atoms with Crippen molar-refractivity contribution < 1.29 is 29.4 Å². The largest absolute Gasteiger partial charge is 0.481 e. The van der Waals surface area contributed by atoms with Gasteiger partial charge in [0.15, 0.2) is 0 Å². The van der Waals surface area contributed by atoms with Gasteiger partial charge < -0.3 is 27.0 Å². The van der Waals surface area contributed by atoms with Crippen molar-refractivity contribution in [2.75, 3.05) is 0 Å². The molecule has 0 heterocycles. The molecule has 0 fully saturated rings. The van der Waals surface area contributed by atoms with Gasteiger partial charge in [-0.15, -0.1) is 0 Å². The number of benzene rings is 1. The predicted octanol–water partition coefficient (Wildman–Crippen LogP) is 1.53. The van der Waals surface area contributed by atoms with Crippen LogP contribution in [-0.2, 0) is 25.6 Å². The smallest absolute Gasteiger partial charge is 0.303 e. The van der Waals surface area contributed by atoms with E-state index in [4.69, 9.17) is 21.7 Å². The molecular formula is C21H35N3O6. The highest BCUT2D eigenvalue weighted by Crippen LogP contribution is 2.06. The number of primary amides is 1. The average Bonchev–Trinajstić information content (AvgIpc) is 2.68. The van der Waals surface area contributed by atoms with E-state index in [1.165, 1.54) is 0 Å². The number of hydrogen-bond donors (Lipinski definition) is 5. The van der Waals surface area contributed by atoms with Gasteiger partial charge >= 0.3 is 11.9 Å². The van der Waals surface area contributed by atoms with Crippen molar-refractivity contribution in [1.82, 2.24) is 5.32 Å². The zero-order valence-electron chi connectivity index (χ0n) is 18.1. The number of hydrogen-bond acceptors (Lipinski definition) is 5. The summed E-state index contributed by atoms with van der Waals surface area (Å²) in [6, 6.07) is 8.16. The van der Waals surface area contributed by atoms with Gasteiger partial charge in [0, 0.05) is 12.8 Å². The molecule has 0 unspecified atom stereocenters. The fourth-order valence-electron chi connectivity index (χ4n) is 1.96. The van der Waals surface area contributed by atoms with Crippen molar-refractivity contribution in [3.8, 4) is 0 Å². The van der Waals surface area contributed by atoms with E-state index in [0.717, 1.165) is 5.56 Å². The summed E-state index contributed by atoms with van der Waals surface area (Å²) in [6.45, 7) is 7.13. The Kier molecular flexibility index (Phi) is 16.5. The van der Waals surface area contributed by atoms with E-state index >= 15 is 0 Å². The number of carbonyl (C=O) groups is 4. The Morgan fingerprint density at radius 1 is 0.967 bits per heavy atom. The minimum absolute atomic E-state index is 0.222.